The van der Waals surface area contributed by atoms with Crippen LogP contribution in [0.5, 0.6) is 0 Å². The number of methoxy groups -OCH3 is 1. The Hall–Kier alpha value is -3.56. The maximum atomic E-state index is 13.0. The van der Waals surface area contributed by atoms with Crippen molar-refractivity contribution in [3.63, 3.8) is 0 Å². The molecule has 1 aliphatic rings. The first-order chi connectivity index (χ1) is 16.5. The molecule has 1 aromatic carbocycles. The van der Waals surface area contributed by atoms with E-state index in [1.807, 2.05) is 30.3 Å². The van der Waals surface area contributed by atoms with Gasteiger partial charge in [0.1, 0.15) is 23.4 Å². The zero-order valence-electron chi connectivity index (χ0n) is 20.9. The lowest BCUT2D eigenvalue weighted by Gasteiger charge is -2.34. The van der Waals surface area contributed by atoms with Crippen LogP contribution in [0.3, 0.4) is 0 Å². The summed E-state index contributed by atoms with van der Waals surface area (Å²) >= 11 is 0. The number of likely N-dealkylation sites (tertiary alicyclic amines) is 1. The van der Waals surface area contributed by atoms with Gasteiger partial charge < -0.3 is 18.9 Å². The van der Waals surface area contributed by atoms with Crippen molar-refractivity contribution in [2.24, 2.45) is 0 Å². The van der Waals surface area contributed by atoms with E-state index < -0.39 is 35.3 Å². The van der Waals surface area contributed by atoms with Gasteiger partial charge in [0.15, 0.2) is 0 Å². The average Bonchev–Trinajstić information content (AvgIpc) is 3.24. The highest BCUT2D eigenvalue weighted by molar-refractivity contribution is 5.93. The Morgan fingerprint density at radius 2 is 1.80 bits per heavy atom. The van der Waals surface area contributed by atoms with Gasteiger partial charge in [-0.25, -0.2) is 19.2 Å². The molecule has 2 rings (SSSR count). The third-order valence-electron chi connectivity index (χ3n) is 5.25. The minimum Gasteiger partial charge on any atom is -0.467 e. The fraction of sp³-hybridized carbons (Fsp3) is 0.520. The Kier molecular flexibility index (Phi) is 9.68. The first kappa shape index (κ1) is 27.7. The van der Waals surface area contributed by atoms with Crippen molar-refractivity contribution < 1.29 is 38.1 Å². The zero-order valence-corrected chi connectivity index (χ0v) is 20.9. The SMILES string of the molecule is CCOC(=O)/C(=C/C[C@@]1(C(=O)OC)CCCN1C(=O)OCc1ccccc1)NC(=O)OC(C)(C)C. The van der Waals surface area contributed by atoms with Crippen molar-refractivity contribution in [3.8, 4) is 0 Å². The molecule has 10 heteroatoms. The van der Waals surface area contributed by atoms with Gasteiger partial charge in [-0.2, -0.15) is 0 Å². The number of ether oxygens (including phenoxy) is 4. The minimum absolute atomic E-state index is 0.0392. The van der Waals surface area contributed by atoms with Crippen LogP contribution in [0.25, 0.3) is 0 Å². The Bertz CT molecular complexity index is 939. The molecule has 0 unspecified atom stereocenters. The van der Waals surface area contributed by atoms with Gasteiger partial charge >= 0.3 is 24.1 Å². The highest BCUT2D eigenvalue weighted by Gasteiger charge is 2.51. The van der Waals surface area contributed by atoms with E-state index in [2.05, 4.69) is 5.32 Å². The lowest BCUT2D eigenvalue weighted by Crippen LogP contribution is -2.53. The summed E-state index contributed by atoms with van der Waals surface area (Å²) < 4.78 is 20.7. The first-order valence-electron chi connectivity index (χ1n) is 11.5. The fourth-order valence-electron chi connectivity index (χ4n) is 3.72. The van der Waals surface area contributed by atoms with E-state index in [-0.39, 0.29) is 31.9 Å². The van der Waals surface area contributed by atoms with E-state index >= 15 is 0 Å². The quantitative estimate of drug-likeness (QED) is 0.333. The Morgan fingerprint density at radius 3 is 2.40 bits per heavy atom. The number of amides is 2. The molecule has 1 heterocycles. The summed E-state index contributed by atoms with van der Waals surface area (Å²) in [5.41, 5.74) is -1.60. The molecule has 1 fully saturated rings. The third-order valence-corrected chi connectivity index (χ3v) is 5.25. The van der Waals surface area contributed by atoms with Crippen LogP contribution < -0.4 is 5.32 Å². The number of rotatable bonds is 8. The number of hydrogen-bond donors (Lipinski definition) is 1. The number of hydrogen-bond acceptors (Lipinski definition) is 8. The van der Waals surface area contributed by atoms with E-state index in [9.17, 15) is 19.2 Å². The minimum atomic E-state index is -1.41. The second kappa shape index (κ2) is 12.2. The van der Waals surface area contributed by atoms with Crippen LogP contribution in [0.2, 0.25) is 0 Å². The summed E-state index contributed by atoms with van der Waals surface area (Å²) in [6.45, 7) is 7.06. The van der Waals surface area contributed by atoms with Gasteiger partial charge in [0.25, 0.3) is 0 Å². The maximum absolute atomic E-state index is 13.0. The van der Waals surface area contributed by atoms with Crippen LogP contribution in [-0.4, -0.2) is 60.4 Å². The number of esters is 2. The summed E-state index contributed by atoms with van der Waals surface area (Å²) in [5.74, 6) is -1.45. The molecule has 0 aliphatic carbocycles. The number of nitrogens with zero attached hydrogens (tertiary/aromatic N) is 1. The predicted octanol–water partition coefficient (Wildman–Crippen LogP) is 3.69. The van der Waals surface area contributed by atoms with Crippen LogP contribution in [0.15, 0.2) is 42.1 Å². The highest BCUT2D eigenvalue weighted by atomic mass is 16.6. The standard InChI is InChI=1S/C25H34N2O8/c1-6-33-20(28)19(26-22(30)35-24(2,3)4)13-15-25(21(29)32-5)14-10-16-27(25)23(31)34-17-18-11-8-7-9-12-18/h7-9,11-13H,6,10,14-17H2,1-5H3,(H,26,30)/b19-13-/t25-/m1/s1. The monoisotopic (exact) mass is 490 g/mol. The lowest BCUT2D eigenvalue weighted by molar-refractivity contribution is -0.152. The van der Waals surface area contributed by atoms with Gasteiger partial charge in [0.05, 0.1) is 13.7 Å². The molecule has 0 radical (unpaired) electrons. The van der Waals surface area contributed by atoms with Crippen LogP contribution >= 0.6 is 0 Å². The van der Waals surface area contributed by atoms with E-state index in [1.54, 1.807) is 27.7 Å². The molecule has 0 bridgehead atoms. The molecule has 1 aromatic rings. The number of carbonyl (C=O) groups is 4. The fourth-order valence-corrected chi connectivity index (χ4v) is 3.72. The molecule has 1 atom stereocenters. The summed E-state index contributed by atoms with van der Waals surface area (Å²) in [5, 5.41) is 2.39. The highest BCUT2D eigenvalue weighted by Crippen LogP contribution is 2.35. The van der Waals surface area contributed by atoms with Gasteiger partial charge in [-0.05, 0) is 46.1 Å². The van der Waals surface area contributed by atoms with E-state index in [0.717, 1.165) is 5.56 Å². The molecular weight excluding hydrogens is 456 g/mol. The molecule has 10 nitrogen and oxygen atoms in total. The van der Waals surface area contributed by atoms with Crippen molar-refractivity contribution in [2.45, 2.75) is 64.7 Å². The van der Waals surface area contributed by atoms with Crippen molar-refractivity contribution in [3.05, 3.63) is 47.7 Å². The van der Waals surface area contributed by atoms with Crippen LogP contribution in [0, 0.1) is 0 Å². The second-order valence-corrected chi connectivity index (χ2v) is 8.99. The van der Waals surface area contributed by atoms with E-state index in [0.29, 0.717) is 12.8 Å². The predicted molar refractivity (Wildman–Crippen MR) is 126 cm³/mol. The van der Waals surface area contributed by atoms with Crippen LogP contribution in [-0.2, 0) is 35.1 Å². The van der Waals surface area contributed by atoms with Crippen molar-refractivity contribution in [2.75, 3.05) is 20.3 Å². The van der Waals surface area contributed by atoms with Gasteiger partial charge in [-0.15, -0.1) is 0 Å². The summed E-state index contributed by atoms with van der Waals surface area (Å²) in [7, 11) is 1.23. The number of alkyl carbamates (subject to hydrolysis) is 1. The summed E-state index contributed by atoms with van der Waals surface area (Å²) in [6, 6.07) is 9.16. The van der Waals surface area contributed by atoms with Crippen molar-refractivity contribution in [1.82, 2.24) is 10.2 Å². The smallest absolute Gasteiger partial charge is 0.412 e. The van der Waals surface area contributed by atoms with Gasteiger partial charge in [0, 0.05) is 13.0 Å². The maximum Gasteiger partial charge on any atom is 0.412 e. The van der Waals surface area contributed by atoms with Crippen molar-refractivity contribution in [1.29, 1.82) is 0 Å². The average molecular weight is 491 g/mol. The third kappa shape index (κ3) is 7.73. The molecule has 1 N–H and O–H groups in total. The molecule has 0 saturated carbocycles. The molecule has 0 spiro atoms. The molecular formula is C25H34N2O8. The Morgan fingerprint density at radius 1 is 1.11 bits per heavy atom. The summed E-state index contributed by atoms with van der Waals surface area (Å²) in [4.78, 5) is 52.0. The Labute approximate surface area is 205 Å². The largest absolute Gasteiger partial charge is 0.467 e. The number of benzene rings is 1. The van der Waals surface area contributed by atoms with Gasteiger partial charge in [-0.3, -0.25) is 10.2 Å². The normalized spacial score (nSPS) is 18.0. The molecule has 2 amide bonds. The van der Waals surface area contributed by atoms with Crippen LogP contribution in [0.4, 0.5) is 9.59 Å². The second-order valence-electron chi connectivity index (χ2n) is 8.99. The van der Waals surface area contributed by atoms with E-state index in [1.165, 1.54) is 18.1 Å². The number of carbonyl (C=O) groups excluding carboxylic acids is 4. The zero-order chi connectivity index (χ0) is 26.1. The molecule has 1 aliphatic heterocycles. The van der Waals surface area contributed by atoms with Crippen LogP contribution in [0.1, 0.15) is 52.5 Å². The van der Waals surface area contributed by atoms with Gasteiger partial charge in [0.2, 0.25) is 0 Å². The lowest BCUT2D eigenvalue weighted by atomic mass is 9.91. The summed E-state index contributed by atoms with van der Waals surface area (Å²) in [6.07, 6.45) is 0.528. The van der Waals surface area contributed by atoms with Gasteiger partial charge in [-0.1, -0.05) is 36.4 Å². The molecule has 0 aromatic heterocycles. The molecule has 35 heavy (non-hydrogen) atoms. The van der Waals surface area contributed by atoms with Crippen molar-refractivity contribution >= 4 is 24.1 Å². The molecule has 192 valence electrons. The topological polar surface area (TPSA) is 120 Å². The van der Waals surface area contributed by atoms with E-state index in [4.69, 9.17) is 18.9 Å². The first-order valence-corrected chi connectivity index (χ1v) is 11.5. The number of nitrogens with one attached hydrogen (secondary N) is 1. The molecule has 1 saturated heterocycles. The Balaban J connectivity index is 2.27.